The van der Waals surface area contributed by atoms with E-state index in [0.717, 1.165) is 5.92 Å². The summed E-state index contributed by atoms with van der Waals surface area (Å²) in [6.45, 7) is 2.84. The fourth-order valence-electron chi connectivity index (χ4n) is 2.71. The van der Waals surface area contributed by atoms with Crippen molar-refractivity contribution in [2.24, 2.45) is 5.92 Å². The highest BCUT2D eigenvalue weighted by Crippen LogP contribution is 2.26. The minimum absolute atomic E-state index is 0.172. The van der Waals surface area contributed by atoms with Crippen molar-refractivity contribution in [2.45, 2.75) is 51.6 Å². The Morgan fingerprint density at radius 2 is 2.00 bits per heavy atom. The van der Waals surface area contributed by atoms with Crippen molar-refractivity contribution in [2.75, 3.05) is 0 Å². The molecular weight excluding hydrogens is 249 g/mol. The maximum atomic E-state index is 13.5. The lowest BCUT2D eigenvalue weighted by molar-refractivity contribution is 0.284. The third kappa shape index (κ3) is 3.69. The molecule has 1 aliphatic carbocycles. The van der Waals surface area contributed by atoms with E-state index in [9.17, 15) is 4.39 Å². The first-order valence-electron chi connectivity index (χ1n) is 6.86. The summed E-state index contributed by atoms with van der Waals surface area (Å²) in [6, 6.07) is 5.27. The minimum Gasteiger partial charge on any atom is -0.310 e. The number of rotatable bonds is 4. The molecule has 0 aliphatic heterocycles. The maximum absolute atomic E-state index is 13.5. The second kappa shape index (κ2) is 6.53. The van der Waals surface area contributed by atoms with Crippen LogP contribution in [0.5, 0.6) is 0 Å². The Balaban J connectivity index is 1.83. The molecule has 1 nitrogen and oxygen atoms in total. The molecule has 100 valence electrons. The summed E-state index contributed by atoms with van der Waals surface area (Å²) in [5.41, 5.74) is 0.667. The van der Waals surface area contributed by atoms with Crippen molar-refractivity contribution >= 4 is 11.6 Å². The van der Waals surface area contributed by atoms with Gasteiger partial charge in [0, 0.05) is 23.2 Å². The van der Waals surface area contributed by atoms with Gasteiger partial charge in [0.2, 0.25) is 0 Å². The lowest BCUT2D eigenvalue weighted by Gasteiger charge is -2.28. The number of halogens is 2. The average molecular weight is 270 g/mol. The van der Waals surface area contributed by atoms with Crippen molar-refractivity contribution in [3.63, 3.8) is 0 Å². The van der Waals surface area contributed by atoms with Gasteiger partial charge in [-0.3, -0.25) is 0 Å². The second-order valence-corrected chi connectivity index (χ2v) is 5.68. The molecule has 0 bridgehead atoms. The van der Waals surface area contributed by atoms with Crippen LogP contribution in [0.25, 0.3) is 0 Å². The third-order valence-electron chi connectivity index (χ3n) is 4.01. The Morgan fingerprint density at radius 1 is 1.28 bits per heavy atom. The summed E-state index contributed by atoms with van der Waals surface area (Å²) in [5, 5.41) is 4.05. The van der Waals surface area contributed by atoms with Crippen LogP contribution in [0.4, 0.5) is 4.39 Å². The lowest BCUT2D eigenvalue weighted by atomic mass is 9.84. The molecular formula is C15H21ClFN. The first-order chi connectivity index (χ1) is 8.69. The Kier molecular flexibility index (Phi) is 5.02. The van der Waals surface area contributed by atoms with Crippen molar-refractivity contribution < 1.29 is 4.39 Å². The Morgan fingerprint density at radius 3 is 2.67 bits per heavy atom. The van der Waals surface area contributed by atoms with E-state index in [1.807, 2.05) is 0 Å². The van der Waals surface area contributed by atoms with E-state index in [0.29, 0.717) is 23.2 Å². The van der Waals surface area contributed by atoms with Crippen LogP contribution >= 0.6 is 11.6 Å². The third-order valence-corrected chi connectivity index (χ3v) is 4.25. The van der Waals surface area contributed by atoms with Gasteiger partial charge in [-0.25, -0.2) is 4.39 Å². The van der Waals surface area contributed by atoms with E-state index < -0.39 is 0 Å². The molecule has 0 amide bonds. The summed E-state index contributed by atoms with van der Waals surface area (Å²) < 4.78 is 13.5. The average Bonchev–Trinajstić information content (AvgIpc) is 2.40. The molecule has 1 aliphatic rings. The molecule has 0 spiro atoms. The van der Waals surface area contributed by atoms with E-state index in [2.05, 4.69) is 12.2 Å². The summed E-state index contributed by atoms with van der Waals surface area (Å²) in [6.07, 6.45) is 6.30. The van der Waals surface area contributed by atoms with Gasteiger partial charge in [-0.15, -0.1) is 0 Å². The van der Waals surface area contributed by atoms with E-state index in [1.165, 1.54) is 38.2 Å². The Bertz CT molecular complexity index is 386. The van der Waals surface area contributed by atoms with Gasteiger partial charge in [0.1, 0.15) is 5.82 Å². The van der Waals surface area contributed by atoms with Crippen LogP contribution in [0.1, 0.15) is 44.6 Å². The highest BCUT2D eigenvalue weighted by molar-refractivity contribution is 6.30. The molecule has 1 N–H and O–H groups in total. The molecule has 0 aromatic heterocycles. The van der Waals surface area contributed by atoms with Crippen LogP contribution < -0.4 is 5.32 Å². The molecule has 1 aromatic carbocycles. The van der Waals surface area contributed by atoms with E-state index in [1.54, 1.807) is 12.1 Å². The zero-order valence-corrected chi connectivity index (χ0v) is 11.6. The largest absolute Gasteiger partial charge is 0.310 e. The highest BCUT2D eigenvalue weighted by atomic mass is 35.5. The SMILES string of the molecule is CCC1CCC(NCc2cc(Cl)ccc2F)CC1. The van der Waals surface area contributed by atoms with E-state index in [-0.39, 0.29) is 5.82 Å². The standard InChI is InChI=1S/C15H21ClFN/c1-2-11-3-6-14(7-4-11)18-10-12-9-13(16)5-8-15(12)17/h5,8-9,11,14,18H,2-4,6-7,10H2,1H3. The highest BCUT2D eigenvalue weighted by Gasteiger charge is 2.19. The molecule has 2 rings (SSSR count). The van der Waals surface area contributed by atoms with Crippen LogP contribution in [0.15, 0.2) is 18.2 Å². The van der Waals surface area contributed by atoms with Crippen molar-refractivity contribution in [1.29, 1.82) is 0 Å². The smallest absolute Gasteiger partial charge is 0.127 e. The Labute approximate surface area is 114 Å². The molecule has 1 fully saturated rings. The van der Waals surface area contributed by atoms with Gasteiger partial charge >= 0.3 is 0 Å². The summed E-state index contributed by atoms with van der Waals surface area (Å²) >= 11 is 5.88. The number of hydrogen-bond donors (Lipinski definition) is 1. The van der Waals surface area contributed by atoms with Gasteiger partial charge in [-0.2, -0.15) is 0 Å². The summed E-state index contributed by atoms with van der Waals surface area (Å²) in [4.78, 5) is 0. The van der Waals surface area contributed by atoms with Crippen molar-refractivity contribution in [3.05, 3.63) is 34.6 Å². The van der Waals surface area contributed by atoms with Gasteiger partial charge in [0.15, 0.2) is 0 Å². The molecule has 0 saturated heterocycles. The van der Waals surface area contributed by atoms with Crippen LogP contribution in [0.2, 0.25) is 5.02 Å². The number of nitrogens with one attached hydrogen (secondary N) is 1. The van der Waals surface area contributed by atoms with Gasteiger partial charge < -0.3 is 5.32 Å². The fraction of sp³-hybridized carbons (Fsp3) is 0.600. The van der Waals surface area contributed by atoms with Gasteiger partial charge in [-0.1, -0.05) is 24.9 Å². The normalized spacial score (nSPS) is 24.2. The molecule has 0 heterocycles. The second-order valence-electron chi connectivity index (χ2n) is 5.24. The monoisotopic (exact) mass is 269 g/mol. The predicted octanol–water partition coefficient (Wildman–Crippen LogP) is 4.54. The fourth-order valence-corrected chi connectivity index (χ4v) is 2.90. The minimum atomic E-state index is -0.172. The molecule has 3 heteroatoms. The number of hydrogen-bond acceptors (Lipinski definition) is 1. The van der Waals surface area contributed by atoms with E-state index >= 15 is 0 Å². The van der Waals surface area contributed by atoms with Crippen molar-refractivity contribution in [3.8, 4) is 0 Å². The molecule has 0 atom stereocenters. The van der Waals surface area contributed by atoms with Crippen molar-refractivity contribution in [1.82, 2.24) is 5.32 Å². The summed E-state index contributed by atoms with van der Waals surface area (Å²) in [7, 11) is 0. The van der Waals surface area contributed by atoms with E-state index in [4.69, 9.17) is 11.6 Å². The lowest BCUT2D eigenvalue weighted by Crippen LogP contribution is -2.32. The summed E-state index contributed by atoms with van der Waals surface area (Å²) in [5.74, 6) is 0.722. The zero-order valence-electron chi connectivity index (χ0n) is 10.9. The van der Waals surface area contributed by atoms with Gasteiger partial charge in [0.05, 0.1) is 0 Å². The van der Waals surface area contributed by atoms with Crippen LogP contribution in [0, 0.1) is 11.7 Å². The molecule has 0 unspecified atom stereocenters. The molecule has 0 radical (unpaired) electrons. The molecule has 1 aromatic rings. The quantitative estimate of drug-likeness (QED) is 0.846. The zero-order chi connectivity index (χ0) is 13.0. The maximum Gasteiger partial charge on any atom is 0.127 e. The topological polar surface area (TPSA) is 12.0 Å². The van der Waals surface area contributed by atoms with Crippen LogP contribution in [-0.2, 0) is 6.54 Å². The van der Waals surface area contributed by atoms with Crippen LogP contribution in [0.3, 0.4) is 0 Å². The predicted molar refractivity (Wildman–Crippen MR) is 74.3 cm³/mol. The van der Waals surface area contributed by atoms with Gasteiger partial charge in [-0.05, 0) is 49.8 Å². The first kappa shape index (κ1) is 13.8. The van der Waals surface area contributed by atoms with Gasteiger partial charge in [0.25, 0.3) is 0 Å². The first-order valence-corrected chi connectivity index (χ1v) is 7.24. The molecule has 18 heavy (non-hydrogen) atoms. The Hall–Kier alpha value is -0.600. The van der Waals surface area contributed by atoms with Crippen LogP contribution in [-0.4, -0.2) is 6.04 Å². The molecule has 1 saturated carbocycles. The number of benzene rings is 1.